The van der Waals surface area contributed by atoms with Gasteiger partial charge in [-0.1, -0.05) is 43.9 Å². The Bertz CT molecular complexity index is 1040. The van der Waals surface area contributed by atoms with Crippen molar-refractivity contribution in [2.75, 3.05) is 18.5 Å². The van der Waals surface area contributed by atoms with Gasteiger partial charge in [-0.2, -0.15) is 0 Å². The third kappa shape index (κ3) is 4.22. The summed E-state index contributed by atoms with van der Waals surface area (Å²) in [7, 11) is 0. The molecule has 1 aliphatic heterocycles. The number of carbonyl (C=O) groups excluding carboxylic acids is 1. The number of thioether (sulfide) groups is 1. The Morgan fingerprint density at radius 3 is 2.79 bits per heavy atom. The smallest absolute Gasteiger partial charge is 0.267 e. The molecule has 29 heavy (non-hydrogen) atoms. The third-order valence-corrected chi connectivity index (χ3v) is 6.11. The molecular weight excluding hydrogens is 408 g/mol. The van der Waals surface area contributed by atoms with Crippen LogP contribution in [-0.2, 0) is 4.79 Å². The number of carbonyl (C=O) groups is 1. The molecule has 7 nitrogen and oxygen atoms in total. The van der Waals surface area contributed by atoms with Crippen LogP contribution in [0, 0.1) is 6.92 Å². The minimum Gasteiger partial charge on any atom is -0.394 e. The van der Waals surface area contributed by atoms with E-state index in [1.807, 2.05) is 26.8 Å². The van der Waals surface area contributed by atoms with Crippen molar-refractivity contribution in [3.05, 3.63) is 44.7 Å². The Balaban J connectivity index is 2.17. The van der Waals surface area contributed by atoms with Gasteiger partial charge in [-0.25, -0.2) is 4.98 Å². The van der Waals surface area contributed by atoms with Gasteiger partial charge in [0.05, 0.1) is 23.1 Å². The summed E-state index contributed by atoms with van der Waals surface area (Å²) < 4.78 is 1.96. The van der Waals surface area contributed by atoms with E-state index >= 15 is 0 Å². The second kappa shape index (κ2) is 9.06. The summed E-state index contributed by atoms with van der Waals surface area (Å²) in [5.74, 6) is 0.154. The highest BCUT2D eigenvalue weighted by Crippen LogP contribution is 2.33. The molecule has 3 heterocycles. The van der Waals surface area contributed by atoms with Crippen molar-refractivity contribution in [3.8, 4) is 0 Å². The molecule has 3 rings (SSSR count). The first-order chi connectivity index (χ1) is 13.9. The van der Waals surface area contributed by atoms with Crippen molar-refractivity contribution in [2.24, 2.45) is 0 Å². The molecule has 1 fully saturated rings. The molecule has 0 aliphatic carbocycles. The van der Waals surface area contributed by atoms with Crippen LogP contribution >= 0.6 is 24.0 Å². The molecule has 1 unspecified atom stereocenters. The number of fused-ring (bicyclic) bond motifs is 1. The second-order valence-corrected chi connectivity index (χ2v) is 8.51. The lowest BCUT2D eigenvalue weighted by molar-refractivity contribution is -0.122. The number of nitrogens with one attached hydrogen (secondary N) is 1. The van der Waals surface area contributed by atoms with Crippen LogP contribution in [0.3, 0.4) is 0 Å². The van der Waals surface area contributed by atoms with Gasteiger partial charge >= 0.3 is 0 Å². The molecule has 1 aliphatic rings. The van der Waals surface area contributed by atoms with Crippen molar-refractivity contribution >= 4 is 51.7 Å². The van der Waals surface area contributed by atoms with Gasteiger partial charge in [-0.15, -0.1) is 0 Å². The quantitative estimate of drug-likeness (QED) is 0.514. The number of pyridine rings is 1. The number of hydrogen-bond donors (Lipinski definition) is 2. The summed E-state index contributed by atoms with van der Waals surface area (Å²) in [5.41, 5.74) is 1.38. The van der Waals surface area contributed by atoms with E-state index < -0.39 is 0 Å². The monoisotopic (exact) mass is 432 g/mol. The van der Waals surface area contributed by atoms with E-state index in [4.69, 9.17) is 12.2 Å². The highest BCUT2D eigenvalue weighted by Gasteiger charge is 2.32. The molecule has 1 atom stereocenters. The third-order valence-electron chi connectivity index (χ3n) is 4.73. The SMILES string of the molecule is CCCN1C(=O)C(=Cc2c(NC(CC)CO)nc3c(C)cccn3c2=O)SC1=S. The first kappa shape index (κ1) is 21.5. The van der Waals surface area contributed by atoms with Gasteiger partial charge in [0.1, 0.15) is 15.8 Å². The number of amides is 1. The standard InChI is InChI=1S/C20H24N4O3S2/c1-4-8-24-19(27)15(29-20(24)28)10-14-16(21-13(5-2)11-25)22-17-12(3)7-6-9-23(17)18(14)26/h6-7,9-10,13,21,25H,4-5,8,11H2,1-3H3. The molecule has 1 amide bonds. The summed E-state index contributed by atoms with van der Waals surface area (Å²) in [4.78, 5) is 32.6. The topological polar surface area (TPSA) is 86.9 Å². The first-order valence-electron chi connectivity index (χ1n) is 9.55. The molecule has 0 saturated carbocycles. The number of rotatable bonds is 7. The van der Waals surface area contributed by atoms with Crippen molar-refractivity contribution in [1.29, 1.82) is 0 Å². The molecule has 2 N–H and O–H groups in total. The predicted octanol–water partition coefficient (Wildman–Crippen LogP) is 2.80. The highest BCUT2D eigenvalue weighted by molar-refractivity contribution is 8.26. The van der Waals surface area contributed by atoms with Crippen molar-refractivity contribution in [1.82, 2.24) is 14.3 Å². The van der Waals surface area contributed by atoms with Crippen LogP contribution in [0.4, 0.5) is 5.82 Å². The number of hydrogen-bond acceptors (Lipinski definition) is 7. The summed E-state index contributed by atoms with van der Waals surface area (Å²) in [5, 5.41) is 12.8. The van der Waals surface area contributed by atoms with Crippen LogP contribution in [-0.4, -0.2) is 48.8 Å². The maximum absolute atomic E-state index is 13.3. The molecule has 2 aromatic heterocycles. The number of aryl methyl sites for hydroxylation is 1. The summed E-state index contributed by atoms with van der Waals surface area (Å²) >= 11 is 6.51. The van der Waals surface area contributed by atoms with Crippen LogP contribution in [0.5, 0.6) is 0 Å². The molecule has 2 aromatic rings. The fraction of sp³-hybridized carbons (Fsp3) is 0.400. The Morgan fingerprint density at radius 1 is 1.38 bits per heavy atom. The average molecular weight is 433 g/mol. The first-order valence-corrected chi connectivity index (χ1v) is 10.8. The zero-order chi connectivity index (χ0) is 21.1. The van der Waals surface area contributed by atoms with E-state index in [2.05, 4.69) is 10.3 Å². The Morgan fingerprint density at radius 2 is 2.14 bits per heavy atom. The van der Waals surface area contributed by atoms with Gasteiger partial charge in [0.25, 0.3) is 11.5 Å². The maximum atomic E-state index is 13.3. The Hall–Kier alpha value is -2.23. The Kier molecular flexibility index (Phi) is 6.71. The number of nitrogens with zero attached hydrogens (tertiary/aromatic N) is 3. The molecule has 0 aromatic carbocycles. The van der Waals surface area contributed by atoms with E-state index in [9.17, 15) is 14.7 Å². The lowest BCUT2D eigenvalue weighted by Crippen LogP contribution is -2.29. The zero-order valence-electron chi connectivity index (χ0n) is 16.6. The molecule has 0 spiro atoms. The van der Waals surface area contributed by atoms with Gasteiger partial charge in [0.2, 0.25) is 0 Å². The number of aliphatic hydroxyl groups is 1. The maximum Gasteiger partial charge on any atom is 0.267 e. The molecule has 0 radical (unpaired) electrons. The van der Waals surface area contributed by atoms with Crippen molar-refractivity contribution in [2.45, 2.75) is 39.7 Å². The number of anilines is 1. The van der Waals surface area contributed by atoms with Crippen LogP contribution in [0.15, 0.2) is 28.0 Å². The van der Waals surface area contributed by atoms with E-state index in [0.29, 0.717) is 33.7 Å². The molecular formula is C20H24N4O3S2. The van der Waals surface area contributed by atoms with Crippen LogP contribution in [0.25, 0.3) is 11.7 Å². The number of aromatic nitrogens is 2. The van der Waals surface area contributed by atoms with Crippen molar-refractivity contribution < 1.29 is 9.90 Å². The van der Waals surface area contributed by atoms with Crippen LogP contribution < -0.4 is 10.9 Å². The number of aliphatic hydroxyl groups excluding tert-OH is 1. The highest BCUT2D eigenvalue weighted by atomic mass is 32.2. The molecule has 0 bridgehead atoms. The second-order valence-electron chi connectivity index (χ2n) is 6.83. The van der Waals surface area contributed by atoms with E-state index in [-0.39, 0.29) is 29.7 Å². The largest absolute Gasteiger partial charge is 0.394 e. The van der Waals surface area contributed by atoms with Gasteiger partial charge in [-0.05, 0) is 37.5 Å². The van der Waals surface area contributed by atoms with Gasteiger partial charge in [0.15, 0.2) is 0 Å². The minimum absolute atomic E-state index is 0.0939. The van der Waals surface area contributed by atoms with Gasteiger partial charge in [0, 0.05) is 12.7 Å². The van der Waals surface area contributed by atoms with Crippen LogP contribution in [0.1, 0.15) is 37.8 Å². The van der Waals surface area contributed by atoms with E-state index in [0.717, 1.165) is 12.0 Å². The minimum atomic E-state index is -0.283. The van der Waals surface area contributed by atoms with Crippen molar-refractivity contribution in [3.63, 3.8) is 0 Å². The summed E-state index contributed by atoms with van der Waals surface area (Å²) in [6.07, 6.45) is 4.67. The molecule has 1 saturated heterocycles. The normalized spacial score (nSPS) is 16.8. The fourth-order valence-electron chi connectivity index (χ4n) is 3.07. The van der Waals surface area contributed by atoms with Gasteiger partial charge in [-0.3, -0.25) is 18.9 Å². The predicted molar refractivity (Wildman–Crippen MR) is 121 cm³/mol. The average Bonchev–Trinajstić information content (AvgIpc) is 2.97. The lowest BCUT2D eigenvalue weighted by Gasteiger charge is -2.17. The Labute approximate surface area is 178 Å². The van der Waals surface area contributed by atoms with Gasteiger partial charge < -0.3 is 10.4 Å². The lowest BCUT2D eigenvalue weighted by atomic mass is 10.2. The van der Waals surface area contributed by atoms with Crippen LogP contribution in [0.2, 0.25) is 0 Å². The van der Waals surface area contributed by atoms with E-state index in [1.54, 1.807) is 23.2 Å². The molecule has 9 heteroatoms. The number of thiocarbonyl (C=S) groups is 1. The zero-order valence-corrected chi connectivity index (χ0v) is 18.3. The van der Waals surface area contributed by atoms with E-state index in [1.165, 1.54) is 16.2 Å². The molecule has 154 valence electrons. The summed E-state index contributed by atoms with van der Waals surface area (Å²) in [6, 6.07) is 3.41. The fourth-order valence-corrected chi connectivity index (χ4v) is 4.36. The summed E-state index contributed by atoms with van der Waals surface area (Å²) in [6.45, 7) is 6.24.